The number of ketones is 1. The number of esters is 1. The second kappa shape index (κ2) is 12.6. The van der Waals surface area contributed by atoms with E-state index in [0.717, 1.165) is 54.1 Å². The Bertz CT molecular complexity index is 1390. The number of nitrogens with zero attached hydrogens (tertiary/aromatic N) is 2. The number of carbonyl (C=O) groups excluding carboxylic acids is 3. The molecule has 41 heavy (non-hydrogen) atoms. The van der Waals surface area contributed by atoms with E-state index in [4.69, 9.17) is 4.74 Å². The van der Waals surface area contributed by atoms with Crippen LogP contribution in [0.25, 0.3) is 10.9 Å². The number of carbonyl (C=O) groups is 3. The Labute approximate surface area is 241 Å². The third-order valence-electron chi connectivity index (χ3n) is 9.38. The van der Waals surface area contributed by atoms with Gasteiger partial charge in [0, 0.05) is 42.8 Å². The molecule has 1 saturated heterocycles. The maximum absolute atomic E-state index is 14.1. The first-order chi connectivity index (χ1) is 19.8. The lowest BCUT2D eigenvalue weighted by atomic mass is 9.76. The molecule has 218 valence electrons. The summed E-state index contributed by atoms with van der Waals surface area (Å²) in [6.07, 6.45) is 4.20. The molecule has 2 aromatic carbocycles. The molecule has 2 heterocycles. The molecule has 0 spiro atoms. The number of benzene rings is 2. The van der Waals surface area contributed by atoms with Gasteiger partial charge in [0.15, 0.2) is 5.78 Å². The van der Waals surface area contributed by atoms with Crippen LogP contribution < -0.4 is 0 Å². The number of rotatable bonds is 9. The third-order valence-corrected chi connectivity index (χ3v) is 9.38. The topological polar surface area (TPSA) is 68.6 Å². The van der Waals surface area contributed by atoms with E-state index in [2.05, 4.69) is 12.1 Å². The summed E-state index contributed by atoms with van der Waals surface area (Å²) in [7, 11) is 1.83. The van der Waals surface area contributed by atoms with E-state index in [-0.39, 0.29) is 48.5 Å². The Morgan fingerprint density at radius 3 is 2.41 bits per heavy atom. The lowest BCUT2D eigenvalue weighted by Crippen LogP contribution is -2.46. The Hall–Kier alpha value is -3.48. The van der Waals surface area contributed by atoms with Gasteiger partial charge in [-0.3, -0.25) is 14.0 Å². The van der Waals surface area contributed by atoms with Crippen LogP contribution in [0.4, 0.5) is 4.39 Å². The van der Waals surface area contributed by atoms with Crippen molar-refractivity contribution in [3.8, 4) is 0 Å². The molecule has 3 atom stereocenters. The number of hydrogen-bond donors (Lipinski definition) is 0. The summed E-state index contributed by atoms with van der Waals surface area (Å²) in [5, 5.41) is 0.874. The molecule has 6 nitrogen and oxygen atoms in total. The predicted molar refractivity (Wildman–Crippen MR) is 157 cm³/mol. The summed E-state index contributed by atoms with van der Waals surface area (Å²) in [6.45, 7) is 4.29. The van der Waals surface area contributed by atoms with Crippen LogP contribution in [0, 0.1) is 17.8 Å². The first-order valence-corrected chi connectivity index (χ1v) is 15.0. The molecule has 7 heteroatoms. The first kappa shape index (κ1) is 29.0. The minimum atomic E-state index is -0.519. The maximum atomic E-state index is 14.1. The van der Waals surface area contributed by atoms with E-state index in [1.54, 1.807) is 13.0 Å². The summed E-state index contributed by atoms with van der Waals surface area (Å²) in [5.41, 5.74) is 3.30. The number of Topliss-reactive ketones (excluding diaryl/α,β-unsaturated/α-hetero) is 1. The molecule has 5 rings (SSSR count). The highest BCUT2D eigenvalue weighted by atomic mass is 19.1. The quantitative estimate of drug-likeness (QED) is 0.290. The van der Waals surface area contributed by atoms with Gasteiger partial charge >= 0.3 is 5.97 Å². The number of halogens is 1. The number of aromatic nitrogens is 1. The molecule has 3 aromatic rings. The third kappa shape index (κ3) is 5.95. The van der Waals surface area contributed by atoms with E-state index >= 15 is 0 Å². The van der Waals surface area contributed by atoms with Crippen LogP contribution in [-0.4, -0.2) is 53.0 Å². The molecule has 1 aliphatic carbocycles. The van der Waals surface area contributed by atoms with Gasteiger partial charge in [-0.25, -0.2) is 4.79 Å². The van der Waals surface area contributed by atoms with E-state index in [1.165, 1.54) is 0 Å². The monoisotopic (exact) mass is 560 g/mol. The smallest absolute Gasteiger partial charge is 0.354 e. The number of hydrogen-bond acceptors (Lipinski definition) is 4. The molecule has 2 aliphatic rings. The summed E-state index contributed by atoms with van der Waals surface area (Å²) in [4.78, 5) is 42.2. The van der Waals surface area contributed by atoms with Crippen LogP contribution in [-0.2, 0) is 27.8 Å². The maximum Gasteiger partial charge on any atom is 0.354 e. The first-order valence-electron chi connectivity index (χ1n) is 15.0. The van der Waals surface area contributed by atoms with E-state index in [1.807, 2.05) is 59.8 Å². The highest BCUT2D eigenvalue weighted by Gasteiger charge is 2.44. The summed E-state index contributed by atoms with van der Waals surface area (Å²) < 4.78 is 20.2. The van der Waals surface area contributed by atoms with Crippen LogP contribution in [0.15, 0.2) is 54.6 Å². The Balaban J connectivity index is 1.37. The van der Waals surface area contributed by atoms with Crippen molar-refractivity contribution >= 4 is 28.6 Å². The van der Waals surface area contributed by atoms with Crippen LogP contribution in [0.3, 0.4) is 0 Å². The number of amides is 1. The van der Waals surface area contributed by atoms with Gasteiger partial charge in [-0.15, -0.1) is 0 Å². The average molecular weight is 561 g/mol. The minimum Gasteiger partial charge on any atom is -0.461 e. The van der Waals surface area contributed by atoms with Crippen LogP contribution in [0.2, 0.25) is 0 Å². The van der Waals surface area contributed by atoms with Gasteiger partial charge in [-0.1, -0.05) is 43.3 Å². The van der Waals surface area contributed by atoms with Crippen LogP contribution in [0.5, 0.6) is 0 Å². The van der Waals surface area contributed by atoms with E-state index < -0.39 is 6.04 Å². The summed E-state index contributed by atoms with van der Waals surface area (Å²) in [5.74, 6) is -0.0607. The zero-order valence-electron chi connectivity index (χ0n) is 24.4. The summed E-state index contributed by atoms with van der Waals surface area (Å²) in [6, 6.07) is 17.2. The number of fused-ring (bicyclic) bond motifs is 1. The number of likely N-dealkylation sites (tertiary alicyclic amines) is 1. The molecular formula is C34H41FN2O4. The fourth-order valence-electron chi connectivity index (χ4n) is 7.00. The van der Waals surface area contributed by atoms with Gasteiger partial charge in [0.05, 0.1) is 19.3 Å². The average Bonchev–Trinajstić information content (AvgIpc) is 3.58. The fraction of sp³-hybridized carbons (Fsp3) is 0.500. The van der Waals surface area contributed by atoms with Crippen molar-refractivity contribution in [3.05, 3.63) is 71.4 Å². The highest BCUT2D eigenvalue weighted by molar-refractivity contribution is 5.97. The molecule has 0 N–H and O–H groups in total. The second-order valence-electron chi connectivity index (χ2n) is 11.9. The summed E-state index contributed by atoms with van der Waals surface area (Å²) >= 11 is 0. The van der Waals surface area contributed by atoms with E-state index in [9.17, 15) is 18.8 Å². The zero-order valence-corrected chi connectivity index (χ0v) is 24.4. The second-order valence-corrected chi connectivity index (χ2v) is 11.9. The van der Waals surface area contributed by atoms with Crippen molar-refractivity contribution in [2.45, 2.75) is 64.3 Å². The molecule has 0 radical (unpaired) electrons. The fourth-order valence-corrected chi connectivity index (χ4v) is 7.00. The molecular weight excluding hydrogens is 519 g/mol. The Morgan fingerprint density at radius 2 is 1.73 bits per heavy atom. The number of ether oxygens (including phenoxy) is 1. The molecule has 0 bridgehead atoms. The van der Waals surface area contributed by atoms with Crippen molar-refractivity contribution in [1.29, 1.82) is 0 Å². The normalized spacial score (nSPS) is 23.5. The molecule has 2 fully saturated rings. The van der Waals surface area contributed by atoms with Gasteiger partial charge in [0.1, 0.15) is 5.69 Å². The van der Waals surface area contributed by atoms with Gasteiger partial charge in [-0.2, -0.15) is 0 Å². The van der Waals surface area contributed by atoms with E-state index in [0.29, 0.717) is 24.8 Å². The molecule has 1 aliphatic heterocycles. The predicted octanol–water partition coefficient (Wildman–Crippen LogP) is 6.26. The molecule has 1 unspecified atom stereocenters. The molecule has 1 saturated carbocycles. The van der Waals surface area contributed by atoms with Crippen molar-refractivity contribution in [3.63, 3.8) is 0 Å². The van der Waals surface area contributed by atoms with Crippen molar-refractivity contribution in [1.82, 2.24) is 9.47 Å². The standard InChI is InChI=1S/C34H41FN2O4/c1-4-41-34(40)30-20-27-18-23(10-15-29(27)36(30)3)19-31(38)32-28(25-8-6-5-7-9-25)16-17-37(32)33(39)26-13-11-24(12-14-26)22(2)21-35/h5-10,15,18,20,22,24,26,28,32H,4,11-14,16-17,19,21H2,1-3H3/t22?,24?,26?,28-,32+/m1/s1. The zero-order chi connectivity index (χ0) is 29.1. The Morgan fingerprint density at radius 1 is 1.00 bits per heavy atom. The number of alkyl halides is 1. The largest absolute Gasteiger partial charge is 0.461 e. The van der Waals surface area contributed by atoms with Gasteiger partial charge in [0.2, 0.25) is 5.91 Å². The minimum absolute atomic E-state index is 0.0324. The lowest BCUT2D eigenvalue weighted by molar-refractivity contribution is -0.142. The van der Waals surface area contributed by atoms with Crippen molar-refractivity contribution < 1.29 is 23.5 Å². The van der Waals surface area contributed by atoms with Gasteiger partial charge in [0.25, 0.3) is 0 Å². The Kier molecular flexibility index (Phi) is 8.91. The lowest BCUT2D eigenvalue weighted by Gasteiger charge is -2.35. The molecule has 1 amide bonds. The van der Waals surface area contributed by atoms with Crippen molar-refractivity contribution in [2.24, 2.45) is 24.8 Å². The van der Waals surface area contributed by atoms with Crippen LogP contribution >= 0.6 is 0 Å². The van der Waals surface area contributed by atoms with Gasteiger partial charge in [-0.05, 0) is 80.2 Å². The highest BCUT2D eigenvalue weighted by Crippen LogP contribution is 2.39. The van der Waals surface area contributed by atoms with Crippen molar-refractivity contribution in [2.75, 3.05) is 19.8 Å². The van der Waals surface area contributed by atoms with Crippen LogP contribution in [0.1, 0.15) is 73.5 Å². The molecule has 1 aromatic heterocycles. The number of aryl methyl sites for hydroxylation is 1. The van der Waals surface area contributed by atoms with Gasteiger partial charge < -0.3 is 14.2 Å². The SMILES string of the molecule is CCOC(=O)c1cc2cc(CC(=O)[C@@H]3[C@@H](c4ccccc4)CCN3C(=O)C3CCC(C(C)CF)CC3)ccc2n1C.